The third kappa shape index (κ3) is 4.33. The number of ether oxygens (including phenoxy) is 1. The molecule has 4 heterocycles. The number of nitrogens with zero attached hydrogens (tertiary/aromatic N) is 2. The van der Waals surface area contributed by atoms with E-state index in [4.69, 9.17) is 9.15 Å². The third-order valence-electron chi connectivity index (χ3n) is 5.00. The van der Waals surface area contributed by atoms with Crippen LogP contribution in [0.25, 0.3) is 6.08 Å². The zero-order valence-corrected chi connectivity index (χ0v) is 16.6. The summed E-state index contributed by atoms with van der Waals surface area (Å²) < 4.78 is 10.9. The molecule has 2 atom stereocenters. The minimum Gasteiger partial charge on any atom is -0.467 e. The van der Waals surface area contributed by atoms with Crippen LogP contribution in [0.15, 0.2) is 52.7 Å². The van der Waals surface area contributed by atoms with Crippen LogP contribution in [0.3, 0.4) is 0 Å². The van der Waals surface area contributed by atoms with Crippen molar-refractivity contribution in [3.8, 4) is 0 Å². The van der Waals surface area contributed by atoms with Gasteiger partial charge in [-0.3, -0.25) is 14.6 Å². The summed E-state index contributed by atoms with van der Waals surface area (Å²) in [6.07, 6.45) is 6.09. The molecule has 2 aromatic heterocycles. The Morgan fingerprint density at radius 2 is 2.07 bits per heavy atom. The van der Waals surface area contributed by atoms with Crippen molar-refractivity contribution < 1.29 is 18.7 Å². The minimum atomic E-state index is -0.457. The Kier molecular flexibility index (Phi) is 5.92. The average molecular weight is 411 g/mol. The van der Waals surface area contributed by atoms with Crippen LogP contribution in [0.5, 0.6) is 0 Å². The van der Waals surface area contributed by atoms with Crippen molar-refractivity contribution in [3.05, 3.63) is 60.3 Å². The van der Waals surface area contributed by atoms with E-state index in [2.05, 4.69) is 21.9 Å². The third-order valence-corrected chi connectivity index (χ3v) is 6.17. The molecule has 1 N–H and O–H groups in total. The van der Waals surface area contributed by atoms with Gasteiger partial charge in [0.05, 0.1) is 17.5 Å². The van der Waals surface area contributed by atoms with Gasteiger partial charge >= 0.3 is 0 Å². The van der Waals surface area contributed by atoms with Crippen molar-refractivity contribution in [3.63, 3.8) is 0 Å². The Hall–Kier alpha value is -2.71. The van der Waals surface area contributed by atoms with E-state index < -0.39 is 11.3 Å². The molecule has 2 aliphatic rings. The molecule has 0 radical (unpaired) electrons. The Morgan fingerprint density at radius 1 is 1.24 bits per heavy atom. The molecule has 0 aliphatic carbocycles. The first-order valence-electron chi connectivity index (χ1n) is 9.45. The molecule has 1 fully saturated rings. The smallest absolute Gasteiger partial charge is 0.258 e. The lowest BCUT2D eigenvalue weighted by Crippen LogP contribution is -2.33. The Balaban J connectivity index is 1.51. The van der Waals surface area contributed by atoms with Crippen LogP contribution >= 0.6 is 11.8 Å². The fraction of sp³-hybridized carbons (Fsp3) is 0.333. The number of aromatic nitrogens is 1. The normalized spacial score (nSPS) is 22.1. The van der Waals surface area contributed by atoms with Crippen LogP contribution in [0.1, 0.15) is 40.7 Å². The summed E-state index contributed by atoms with van der Waals surface area (Å²) in [6, 6.07) is 6.52. The molecule has 2 aliphatic heterocycles. The number of pyridine rings is 1. The van der Waals surface area contributed by atoms with Gasteiger partial charge in [0.2, 0.25) is 0 Å². The van der Waals surface area contributed by atoms with Crippen LogP contribution in [-0.4, -0.2) is 40.3 Å². The quantitative estimate of drug-likeness (QED) is 0.812. The molecule has 0 spiro atoms. The van der Waals surface area contributed by atoms with Gasteiger partial charge in [-0.2, -0.15) is 0 Å². The summed E-state index contributed by atoms with van der Waals surface area (Å²) in [5.74, 6) is 0.366. The predicted molar refractivity (Wildman–Crippen MR) is 111 cm³/mol. The number of aliphatic imine (C=N–C) groups is 1. The summed E-state index contributed by atoms with van der Waals surface area (Å²) in [4.78, 5) is 34.5. The zero-order chi connectivity index (χ0) is 20.2. The molecule has 0 bridgehead atoms. The van der Waals surface area contributed by atoms with Crippen molar-refractivity contribution in [1.82, 2.24) is 10.3 Å². The van der Waals surface area contributed by atoms with Crippen LogP contribution in [0.2, 0.25) is 0 Å². The summed E-state index contributed by atoms with van der Waals surface area (Å²) >= 11 is 1.28. The lowest BCUT2D eigenvalue weighted by Gasteiger charge is -2.24. The van der Waals surface area contributed by atoms with Crippen molar-refractivity contribution in [1.29, 1.82) is 0 Å². The van der Waals surface area contributed by atoms with E-state index in [1.807, 2.05) is 6.07 Å². The first kappa shape index (κ1) is 19.6. The maximum atomic E-state index is 13.2. The minimum absolute atomic E-state index is 0.0559. The highest BCUT2D eigenvalue weighted by Crippen LogP contribution is 2.40. The standard InChI is InChI=1S/C21H21N3O4S/c1-2-15-6-5-14(12-22-15)20(26)24-21-23-17(16-4-3-9-28-16)19(29-21)18(25)13-7-10-27-11-8-13/h2-6,9,12-13,17,19H,1,7-8,10-11H2,(H,23,24,26). The van der Waals surface area contributed by atoms with Crippen molar-refractivity contribution in [2.45, 2.75) is 24.1 Å². The molecule has 0 saturated carbocycles. The number of rotatable bonds is 5. The monoisotopic (exact) mass is 411 g/mol. The number of amidine groups is 1. The molecule has 1 amide bonds. The molecule has 7 nitrogen and oxygen atoms in total. The van der Waals surface area contributed by atoms with Gasteiger partial charge < -0.3 is 14.5 Å². The summed E-state index contributed by atoms with van der Waals surface area (Å²) in [5.41, 5.74) is 1.10. The highest BCUT2D eigenvalue weighted by atomic mass is 32.2. The molecule has 150 valence electrons. The average Bonchev–Trinajstić information content (AvgIpc) is 3.44. The summed E-state index contributed by atoms with van der Waals surface area (Å²) in [5, 5.41) is 2.78. The van der Waals surface area contributed by atoms with E-state index in [0.717, 1.165) is 0 Å². The number of furan rings is 1. The number of carbonyl (C=O) groups excluding carboxylic acids is 2. The second-order valence-electron chi connectivity index (χ2n) is 6.85. The summed E-state index contributed by atoms with van der Waals surface area (Å²) in [6.45, 7) is 4.84. The SMILES string of the molecule is C=Cc1ccc(C(=O)NC2=NC(c3ccco3)C(C(=O)C3CCOCC3)S2)cn1. The van der Waals surface area contributed by atoms with Gasteiger partial charge in [-0.15, -0.1) is 0 Å². The van der Waals surface area contributed by atoms with Crippen molar-refractivity contribution in [2.24, 2.45) is 10.9 Å². The topological polar surface area (TPSA) is 93.8 Å². The number of ketones is 1. The fourth-order valence-corrected chi connectivity index (χ4v) is 4.60. The first-order chi connectivity index (χ1) is 14.2. The molecule has 0 aromatic carbocycles. The second kappa shape index (κ2) is 8.75. The zero-order valence-electron chi connectivity index (χ0n) is 15.7. The van der Waals surface area contributed by atoms with E-state index in [1.54, 1.807) is 30.5 Å². The van der Waals surface area contributed by atoms with Crippen molar-refractivity contribution >= 4 is 34.7 Å². The number of amides is 1. The second-order valence-corrected chi connectivity index (χ2v) is 7.98. The fourth-order valence-electron chi connectivity index (χ4n) is 3.40. The van der Waals surface area contributed by atoms with E-state index in [1.165, 1.54) is 18.0 Å². The van der Waals surface area contributed by atoms with E-state index in [-0.39, 0.29) is 17.6 Å². The van der Waals surface area contributed by atoms with Gasteiger partial charge in [0.25, 0.3) is 5.91 Å². The van der Waals surface area contributed by atoms with Gasteiger partial charge in [0, 0.05) is 25.3 Å². The largest absolute Gasteiger partial charge is 0.467 e. The van der Waals surface area contributed by atoms with E-state index >= 15 is 0 Å². The molecule has 4 rings (SSSR count). The maximum Gasteiger partial charge on any atom is 0.258 e. The number of Topliss-reactive ketones (excluding diaryl/α,β-unsaturated/α-hetero) is 1. The van der Waals surface area contributed by atoms with Crippen molar-refractivity contribution in [2.75, 3.05) is 13.2 Å². The number of thioether (sulfide) groups is 1. The maximum absolute atomic E-state index is 13.2. The Labute approximate surface area is 172 Å². The molecular formula is C21H21N3O4S. The van der Waals surface area contributed by atoms with Gasteiger partial charge in [-0.1, -0.05) is 18.3 Å². The summed E-state index contributed by atoms with van der Waals surface area (Å²) in [7, 11) is 0. The lowest BCUT2D eigenvalue weighted by molar-refractivity contribution is -0.125. The predicted octanol–water partition coefficient (Wildman–Crippen LogP) is 3.26. The van der Waals surface area contributed by atoms with Gasteiger partial charge in [-0.05, 0) is 43.2 Å². The Morgan fingerprint density at radius 3 is 2.72 bits per heavy atom. The highest BCUT2D eigenvalue weighted by molar-refractivity contribution is 8.15. The van der Waals surface area contributed by atoms with Gasteiger partial charge in [-0.25, -0.2) is 4.99 Å². The molecule has 2 unspecified atom stereocenters. The highest BCUT2D eigenvalue weighted by Gasteiger charge is 2.41. The first-order valence-corrected chi connectivity index (χ1v) is 10.3. The van der Waals surface area contributed by atoms with Crippen LogP contribution in [-0.2, 0) is 9.53 Å². The number of nitrogens with one attached hydrogen (secondary N) is 1. The molecule has 2 aromatic rings. The van der Waals surface area contributed by atoms with E-state index in [0.29, 0.717) is 48.2 Å². The number of hydrogen-bond donors (Lipinski definition) is 1. The van der Waals surface area contributed by atoms with Crippen LogP contribution < -0.4 is 5.32 Å². The number of carbonyl (C=O) groups is 2. The van der Waals surface area contributed by atoms with Gasteiger partial charge in [0.1, 0.15) is 17.1 Å². The number of hydrogen-bond acceptors (Lipinski definition) is 7. The van der Waals surface area contributed by atoms with Crippen LogP contribution in [0, 0.1) is 5.92 Å². The van der Waals surface area contributed by atoms with Crippen LogP contribution in [0.4, 0.5) is 0 Å². The molecule has 1 saturated heterocycles. The molecular weight excluding hydrogens is 390 g/mol. The Bertz CT molecular complexity index is 918. The van der Waals surface area contributed by atoms with E-state index in [9.17, 15) is 9.59 Å². The lowest BCUT2D eigenvalue weighted by atomic mass is 9.90. The van der Waals surface area contributed by atoms with Gasteiger partial charge in [0.15, 0.2) is 11.0 Å². The molecule has 8 heteroatoms. The molecule has 29 heavy (non-hydrogen) atoms.